The van der Waals surface area contributed by atoms with Gasteiger partial charge in [-0.2, -0.15) is 5.26 Å². The van der Waals surface area contributed by atoms with Crippen LogP contribution in [-0.4, -0.2) is 27.5 Å². The highest BCUT2D eigenvalue weighted by Crippen LogP contribution is 2.32. The molecule has 1 aromatic heterocycles. The minimum Gasteiger partial charge on any atom is -0.489 e. The minimum atomic E-state index is -0.183. The van der Waals surface area contributed by atoms with E-state index in [1.54, 1.807) is 42.2 Å². The standard InChI is InChI=1S/C22H20N4O3/c1-15-24-25-21(29-15)20-9-4-10-26(20)22(27)18-7-2-6-17(11-18)14-28-19-8-3-5-16(12-19)13-23/h2-3,5-8,11-12,20H,4,9-10,14H2,1H3. The van der Waals surface area contributed by atoms with Crippen molar-refractivity contribution >= 4 is 5.91 Å². The molecular formula is C22H20N4O3. The second-order valence-corrected chi connectivity index (χ2v) is 6.94. The van der Waals surface area contributed by atoms with Crippen molar-refractivity contribution in [3.05, 3.63) is 77.0 Å². The quantitative estimate of drug-likeness (QED) is 0.660. The molecule has 2 aromatic carbocycles. The lowest BCUT2D eigenvalue weighted by Crippen LogP contribution is -2.30. The lowest BCUT2D eigenvalue weighted by molar-refractivity contribution is 0.0714. The summed E-state index contributed by atoms with van der Waals surface area (Å²) in [6.45, 7) is 2.71. The molecule has 1 amide bonds. The SMILES string of the molecule is Cc1nnc(C2CCCN2C(=O)c2cccc(COc3cccc(C#N)c3)c2)o1. The molecule has 146 valence electrons. The Hall–Kier alpha value is -3.66. The van der Waals surface area contributed by atoms with Crippen molar-refractivity contribution in [2.24, 2.45) is 0 Å². The summed E-state index contributed by atoms with van der Waals surface area (Å²) >= 11 is 0. The van der Waals surface area contributed by atoms with Crippen LogP contribution in [0.4, 0.5) is 0 Å². The maximum absolute atomic E-state index is 13.1. The topological polar surface area (TPSA) is 92.3 Å². The number of likely N-dealkylation sites (tertiary alicyclic amines) is 1. The van der Waals surface area contributed by atoms with Crippen LogP contribution in [0.3, 0.4) is 0 Å². The molecule has 0 N–H and O–H groups in total. The van der Waals surface area contributed by atoms with Crippen LogP contribution in [0, 0.1) is 18.3 Å². The van der Waals surface area contributed by atoms with E-state index in [4.69, 9.17) is 14.4 Å². The second-order valence-electron chi connectivity index (χ2n) is 6.94. The van der Waals surface area contributed by atoms with Crippen LogP contribution < -0.4 is 4.74 Å². The van der Waals surface area contributed by atoms with Crippen molar-refractivity contribution in [1.29, 1.82) is 5.26 Å². The number of carbonyl (C=O) groups excluding carboxylic acids is 1. The predicted octanol–water partition coefficient (Wildman–Crippen LogP) is 3.81. The second kappa shape index (κ2) is 8.15. The number of ether oxygens (including phenoxy) is 1. The van der Waals surface area contributed by atoms with Crippen LogP contribution in [-0.2, 0) is 6.61 Å². The van der Waals surface area contributed by atoms with Crippen molar-refractivity contribution in [3.63, 3.8) is 0 Å². The van der Waals surface area contributed by atoms with Gasteiger partial charge < -0.3 is 14.1 Å². The first-order chi connectivity index (χ1) is 14.1. The molecule has 3 aromatic rings. The lowest BCUT2D eigenvalue weighted by atomic mass is 10.1. The van der Waals surface area contributed by atoms with Crippen LogP contribution in [0.5, 0.6) is 5.75 Å². The number of benzene rings is 2. The Morgan fingerprint density at radius 3 is 2.93 bits per heavy atom. The first kappa shape index (κ1) is 18.7. The summed E-state index contributed by atoms with van der Waals surface area (Å²) in [6.07, 6.45) is 1.71. The summed E-state index contributed by atoms with van der Waals surface area (Å²) in [7, 11) is 0. The molecule has 1 fully saturated rings. The van der Waals surface area contributed by atoms with Crippen LogP contribution in [0.1, 0.15) is 52.1 Å². The largest absolute Gasteiger partial charge is 0.489 e. The summed E-state index contributed by atoms with van der Waals surface area (Å²) in [6, 6.07) is 16.3. The van der Waals surface area contributed by atoms with E-state index in [9.17, 15) is 4.79 Å². The van der Waals surface area contributed by atoms with Gasteiger partial charge in [0, 0.05) is 19.0 Å². The molecule has 0 radical (unpaired) electrons. The van der Waals surface area contributed by atoms with E-state index in [0.717, 1.165) is 18.4 Å². The number of nitriles is 1. The number of hydrogen-bond acceptors (Lipinski definition) is 6. The molecule has 2 heterocycles. The van der Waals surface area contributed by atoms with Gasteiger partial charge in [0.25, 0.3) is 5.91 Å². The summed E-state index contributed by atoms with van der Waals surface area (Å²) in [5.74, 6) is 1.55. The number of aromatic nitrogens is 2. The number of carbonyl (C=O) groups is 1. The van der Waals surface area contributed by atoms with Crippen LogP contribution in [0.25, 0.3) is 0 Å². The predicted molar refractivity (Wildman–Crippen MR) is 104 cm³/mol. The Bertz CT molecular complexity index is 1070. The Morgan fingerprint density at radius 2 is 2.14 bits per heavy atom. The molecule has 1 aliphatic rings. The van der Waals surface area contributed by atoms with Gasteiger partial charge in [-0.05, 0) is 48.7 Å². The average molecular weight is 388 g/mol. The molecular weight excluding hydrogens is 368 g/mol. The van der Waals surface area contributed by atoms with Gasteiger partial charge in [0.05, 0.1) is 11.6 Å². The van der Waals surface area contributed by atoms with E-state index in [1.807, 2.05) is 18.2 Å². The number of hydrogen-bond donors (Lipinski definition) is 0. The third-order valence-electron chi connectivity index (χ3n) is 4.88. The zero-order chi connectivity index (χ0) is 20.2. The van der Waals surface area contributed by atoms with Crippen molar-refractivity contribution in [2.75, 3.05) is 6.54 Å². The molecule has 1 aliphatic heterocycles. The van der Waals surface area contributed by atoms with Gasteiger partial charge in [0.1, 0.15) is 18.4 Å². The van der Waals surface area contributed by atoms with E-state index >= 15 is 0 Å². The molecule has 1 unspecified atom stereocenters. The monoisotopic (exact) mass is 388 g/mol. The van der Waals surface area contributed by atoms with Crippen molar-refractivity contribution in [2.45, 2.75) is 32.4 Å². The van der Waals surface area contributed by atoms with Crippen LogP contribution in [0.2, 0.25) is 0 Å². The molecule has 7 nitrogen and oxygen atoms in total. The third kappa shape index (κ3) is 4.11. The average Bonchev–Trinajstić information content (AvgIpc) is 3.41. The summed E-state index contributed by atoms with van der Waals surface area (Å²) in [4.78, 5) is 14.9. The van der Waals surface area contributed by atoms with Gasteiger partial charge in [-0.1, -0.05) is 18.2 Å². The Morgan fingerprint density at radius 1 is 1.28 bits per heavy atom. The molecule has 0 bridgehead atoms. The third-order valence-corrected chi connectivity index (χ3v) is 4.88. The Labute approximate surface area is 168 Å². The maximum Gasteiger partial charge on any atom is 0.254 e. The Kier molecular flexibility index (Phi) is 5.25. The fourth-order valence-electron chi connectivity index (χ4n) is 3.50. The molecule has 29 heavy (non-hydrogen) atoms. The summed E-state index contributed by atoms with van der Waals surface area (Å²) in [5.41, 5.74) is 2.02. The molecule has 7 heteroatoms. The highest BCUT2D eigenvalue weighted by Gasteiger charge is 2.34. The van der Waals surface area contributed by atoms with Gasteiger partial charge in [-0.15, -0.1) is 10.2 Å². The molecule has 0 aliphatic carbocycles. The first-order valence-electron chi connectivity index (χ1n) is 9.47. The minimum absolute atomic E-state index is 0.0586. The maximum atomic E-state index is 13.1. The Balaban J connectivity index is 1.47. The molecule has 0 saturated carbocycles. The first-order valence-corrected chi connectivity index (χ1v) is 9.47. The number of nitrogens with zero attached hydrogens (tertiary/aromatic N) is 4. The van der Waals surface area contributed by atoms with Gasteiger partial charge in [0.15, 0.2) is 0 Å². The summed E-state index contributed by atoms with van der Waals surface area (Å²) in [5, 5.41) is 17.0. The summed E-state index contributed by atoms with van der Waals surface area (Å²) < 4.78 is 11.3. The van der Waals surface area contributed by atoms with Gasteiger partial charge in [-0.25, -0.2) is 0 Å². The zero-order valence-corrected chi connectivity index (χ0v) is 16.0. The normalized spacial score (nSPS) is 15.9. The van der Waals surface area contributed by atoms with Gasteiger partial charge in [-0.3, -0.25) is 4.79 Å². The molecule has 1 saturated heterocycles. The number of amides is 1. The smallest absolute Gasteiger partial charge is 0.254 e. The van der Waals surface area contributed by atoms with E-state index < -0.39 is 0 Å². The van der Waals surface area contributed by atoms with Crippen LogP contribution >= 0.6 is 0 Å². The molecule has 0 spiro atoms. The number of rotatable bonds is 5. The van der Waals surface area contributed by atoms with Crippen LogP contribution in [0.15, 0.2) is 52.9 Å². The fraction of sp³-hybridized carbons (Fsp3) is 0.273. The van der Waals surface area contributed by atoms with Crippen molar-refractivity contribution in [1.82, 2.24) is 15.1 Å². The molecule has 4 rings (SSSR count). The van der Waals surface area contributed by atoms with Gasteiger partial charge in [0.2, 0.25) is 11.8 Å². The van der Waals surface area contributed by atoms with Crippen molar-refractivity contribution in [3.8, 4) is 11.8 Å². The molecule has 1 atom stereocenters. The fourth-order valence-corrected chi connectivity index (χ4v) is 3.50. The van der Waals surface area contributed by atoms with Gasteiger partial charge >= 0.3 is 0 Å². The zero-order valence-electron chi connectivity index (χ0n) is 16.0. The lowest BCUT2D eigenvalue weighted by Gasteiger charge is -2.22. The highest BCUT2D eigenvalue weighted by atomic mass is 16.5. The van der Waals surface area contributed by atoms with Crippen molar-refractivity contribution < 1.29 is 13.9 Å². The number of aryl methyl sites for hydroxylation is 1. The van der Waals surface area contributed by atoms with E-state index in [-0.39, 0.29) is 11.9 Å². The highest BCUT2D eigenvalue weighted by molar-refractivity contribution is 5.94. The van der Waals surface area contributed by atoms with E-state index in [0.29, 0.717) is 41.8 Å². The van der Waals surface area contributed by atoms with E-state index in [1.165, 1.54) is 0 Å². The van der Waals surface area contributed by atoms with E-state index in [2.05, 4.69) is 16.3 Å².